The van der Waals surface area contributed by atoms with Gasteiger partial charge in [0.2, 0.25) is 0 Å². The van der Waals surface area contributed by atoms with Crippen molar-refractivity contribution in [1.29, 1.82) is 0 Å². The molecule has 2 N–H and O–H groups in total. The van der Waals surface area contributed by atoms with E-state index in [1.165, 1.54) is 0 Å². The van der Waals surface area contributed by atoms with Gasteiger partial charge in [-0.3, -0.25) is 0 Å². The van der Waals surface area contributed by atoms with Gasteiger partial charge in [0.15, 0.2) is 0 Å². The Kier molecular flexibility index (Phi) is 25.7. The van der Waals surface area contributed by atoms with Crippen molar-refractivity contribution in [3.8, 4) is 0 Å². The molecule has 0 rings (SSSR count). The number of rotatable bonds is 0. The predicted octanol–water partition coefficient (Wildman–Crippen LogP) is -0.694. The van der Waals surface area contributed by atoms with Gasteiger partial charge in [-0.05, 0) is 0 Å². The molecule has 1 radical (unpaired) electrons. The Morgan fingerprint density at radius 1 is 1.33 bits per heavy atom. The molecule has 0 saturated carbocycles. The first kappa shape index (κ1) is 15.6. The van der Waals surface area contributed by atoms with Crippen LogP contribution >= 0.6 is 0 Å². The molecule has 0 heterocycles. The Hall–Kier alpha value is 1.72. The quantitative estimate of drug-likeness (QED) is 0.553. The fourth-order valence-corrected chi connectivity index (χ4v) is 0. The van der Waals surface area contributed by atoms with Gasteiger partial charge in [0, 0.05) is 35.6 Å². The van der Waals surface area contributed by atoms with Crippen molar-refractivity contribution < 1.29 is 50.6 Å². The van der Waals surface area contributed by atoms with Crippen LogP contribution in [-0.2, 0) is 0 Å². The van der Waals surface area contributed by atoms with Crippen LogP contribution in [0.25, 0.3) is 0 Å². The third kappa shape index (κ3) is 43.0. The van der Waals surface area contributed by atoms with Gasteiger partial charge in [0.25, 0.3) is 0 Å². The van der Waals surface area contributed by atoms with Gasteiger partial charge in [-0.15, -0.1) is 0 Å². The van der Waals surface area contributed by atoms with Crippen molar-refractivity contribution in [2.45, 2.75) is 0 Å². The van der Waals surface area contributed by atoms with Crippen LogP contribution in [0.2, 0.25) is 0 Å². The maximum Gasteiger partial charge on any atom is 0 e. The van der Waals surface area contributed by atoms with Crippen molar-refractivity contribution in [1.82, 2.24) is 0 Å². The van der Waals surface area contributed by atoms with E-state index in [1.807, 2.05) is 0 Å². The van der Waals surface area contributed by atoms with Crippen molar-refractivity contribution >= 4 is 43.9 Å². The first-order valence-corrected chi connectivity index (χ1v) is 0.651. The molecule has 0 atom stereocenters. The predicted molar refractivity (Wildman–Crippen MR) is 19.2 cm³/mol. The van der Waals surface area contributed by atoms with Crippen LogP contribution in [0.3, 0.4) is 0 Å². The molecule has 0 aliphatic heterocycles. The Morgan fingerprint density at radius 3 is 1.33 bits per heavy atom. The Balaban J connectivity index is -0.0000000450. The average Bonchev–Trinajstić information content (AvgIpc) is 0.811. The van der Waals surface area contributed by atoms with Crippen molar-refractivity contribution in [2.24, 2.45) is 0 Å². The zero-order valence-corrected chi connectivity index (χ0v) is 6.01. The molecule has 0 bridgehead atoms. The third-order valence-electron chi connectivity index (χ3n) is 0. The molecule has 0 unspecified atom stereocenters. The minimum atomic E-state index is -1.83. The van der Waals surface area contributed by atoms with E-state index in [0.29, 0.717) is 0 Å². The molecule has 0 aliphatic carbocycles. The van der Waals surface area contributed by atoms with E-state index in [-0.39, 0.29) is 73.3 Å². The monoisotopic (exact) mass is 243 g/mol. The Bertz CT molecular complexity index is 33.8. The smallest absolute Gasteiger partial charge is 0 e. The summed E-state index contributed by atoms with van der Waals surface area (Å²) in [5.74, 6) is 0. The first-order valence-electron chi connectivity index (χ1n) is 0.651. The fourth-order valence-electron chi connectivity index (χ4n) is 0. The van der Waals surface area contributed by atoms with Crippen molar-refractivity contribution in [3.63, 3.8) is 0 Å². The molecule has 0 aliphatic rings. The van der Waals surface area contributed by atoms with E-state index in [4.69, 9.17) is 15.0 Å². The van der Waals surface area contributed by atoms with Crippen LogP contribution in [0.4, 0.5) is 4.79 Å². The van der Waals surface area contributed by atoms with E-state index >= 15 is 0 Å². The molecule has 0 aromatic rings. The van der Waals surface area contributed by atoms with Gasteiger partial charge in [-0.1, -0.05) is 0 Å². The number of hydrogen-bond acceptors (Lipinski definition) is 1. The molecule has 6 heavy (non-hydrogen) atoms. The molecular formula is CH4CaLaO3. The number of carboxylic acid groups (broad SMARTS) is 2. The maximum absolute atomic E-state index is 8.56. The first-order chi connectivity index (χ1) is 1.73. The summed E-state index contributed by atoms with van der Waals surface area (Å²) in [6.45, 7) is 0. The number of carbonyl (C=O) groups is 1. The molecule has 31 valence electrons. The van der Waals surface area contributed by atoms with Gasteiger partial charge in [-0.2, -0.15) is 0 Å². The SMILES string of the molecule is O=C(O)O.[CaH2].[La]. The summed E-state index contributed by atoms with van der Waals surface area (Å²) in [4.78, 5) is 8.56. The van der Waals surface area contributed by atoms with Gasteiger partial charge >= 0.3 is 43.9 Å². The van der Waals surface area contributed by atoms with E-state index in [0.717, 1.165) is 0 Å². The Morgan fingerprint density at radius 2 is 1.33 bits per heavy atom. The topological polar surface area (TPSA) is 57.5 Å². The van der Waals surface area contributed by atoms with Gasteiger partial charge < -0.3 is 10.2 Å². The van der Waals surface area contributed by atoms with E-state index in [2.05, 4.69) is 0 Å². The molecule has 0 saturated heterocycles. The maximum atomic E-state index is 8.56. The van der Waals surface area contributed by atoms with Gasteiger partial charge in [0.05, 0.1) is 0 Å². The van der Waals surface area contributed by atoms with Crippen molar-refractivity contribution in [3.05, 3.63) is 0 Å². The summed E-state index contributed by atoms with van der Waals surface area (Å²) in [6.07, 6.45) is -1.83. The second kappa shape index (κ2) is 9.87. The second-order valence-electron chi connectivity index (χ2n) is 0.283. The zero-order valence-electron chi connectivity index (χ0n) is 2.38. The van der Waals surface area contributed by atoms with Crippen LogP contribution in [0.5, 0.6) is 0 Å². The summed E-state index contributed by atoms with van der Waals surface area (Å²) >= 11 is 0. The molecule has 0 spiro atoms. The van der Waals surface area contributed by atoms with Gasteiger partial charge in [-0.25, -0.2) is 4.79 Å². The van der Waals surface area contributed by atoms with E-state index in [9.17, 15) is 0 Å². The molecule has 0 aromatic carbocycles. The van der Waals surface area contributed by atoms with Crippen LogP contribution in [-0.4, -0.2) is 54.1 Å². The molecule has 0 fully saturated rings. The molecular weight excluding hydrogens is 239 g/mol. The summed E-state index contributed by atoms with van der Waals surface area (Å²) in [5, 5.41) is 13.9. The average molecular weight is 243 g/mol. The summed E-state index contributed by atoms with van der Waals surface area (Å²) < 4.78 is 0. The van der Waals surface area contributed by atoms with Crippen LogP contribution < -0.4 is 0 Å². The zero-order chi connectivity index (χ0) is 3.58. The minimum Gasteiger partial charge on any atom is 0 e. The minimum absolute atomic E-state index is 0. The normalized spacial score (nSPS) is 4.00. The summed E-state index contributed by atoms with van der Waals surface area (Å²) in [5.41, 5.74) is 0. The van der Waals surface area contributed by atoms with Gasteiger partial charge in [0.1, 0.15) is 0 Å². The summed E-state index contributed by atoms with van der Waals surface area (Å²) in [6, 6.07) is 0. The molecule has 5 heteroatoms. The molecule has 3 nitrogen and oxygen atoms in total. The van der Waals surface area contributed by atoms with Crippen LogP contribution in [0.1, 0.15) is 0 Å². The fraction of sp³-hybridized carbons (Fsp3) is 0. The molecule has 0 aromatic heterocycles. The summed E-state index contributed by atoms with van der Waals surface area (Å²) in [7, 11) is 0. The third-order valence-corrected chi connectivity index (χ3v) is 0. The van der Waals surface area contributed by atoms with E-state index in [1.54, 1.807) is 0 Å². The second-order valence-corrected chi connectivity index (χ2v) is 0.283. The Labute approximate surface area is 92.7 Å². The standard InChI is InChI=1S/CH2O3.Ca.La.2H/c2-1(3)4;;;;/h(H2,2,3,4);;;;. The largest absolute Gasteiger partial charge is 0 e. The molecule has 0 amide bonds. The van der Waals surface area contributed by atoms with Crippen molar-refractivity contribution in [2.75, 3.05) is 0 Å². The van der Waals surface area contributed by atoms with Crippen LogP contribution in [0, 0.1) is 35.6 Å². The number of hydrogen-bond donors (Lipinski definition) is 2. The van der Waals surface area contributed by atoms with E-state index < -0.39 is 6.16 Å². The van der Waals surface area contributed by atoms with Crippen LogP contribution in [0.15, 0.2) is 0 Å².